The summed E-state index contributed by atoms with van der Waals surface area (Å²) in [5.74, 6) is 1.86. The van der Waals surface area contributed by atoms with Gasteiger partial charge < -0.3 is 30.3 Å². The van der Waals surface area contributed by atoms with Crippen LogP contribution in [0.5, 0.6) is 5.75 Å². The summed E-state index contributed by atoms with van der Waals surface area (Å²) >= 11 is 0. The van der Waals surface area contributed by atoms with E-state index in [0.29, 0.717) is 24.4 Å². The van der Waals surface area contributed by atoms with Gasteiger partial charge in [0.2, 0.25) is 5.95 Å². The summed E-state index contributed by atoms with van der Waals surface area (Å²) in [6, 6.07) is 16.9. The van der Waals surface area contributed by atoms with Gasteiger partial charge in [-0.3, -0.25) is 4.90 Å². The summed E-state index contributed by atoms with van der Waals surface area (Å²) in [5.41, 5.74) is 6.13. The third-order valence-corrected chi connectivity index (χ3v) is 9.25. The van der Waals surface area contributed by atoms with Crippen LogP contribution in [0.2, 0.25) is 0 Å². The number of hydrogen-bond donors (Lipinski definition) is 3. The van der Waals surface area contributed by atoms with Gasteiger partial charge in [-0.2, -0.15) is 10.1 Å². The number of piperazine rings is 1. The highest BCUT2D eigenvalue weighted by Gasteiger charge is 2.28. The first-order valence-electron chi connectivity index (χ1n) is 16.4. The van der Waals surface area contributed by atoms with Crippen LogP contribution in [0, 0.1) is 6.92 Å². The Balaban J connectivity index is 1.18. The minimum atomic E-state index is -0.0273. The first-order valence-corrected chi connectivity index (χ1v) is 16.4. The first kappa shape index (κ1) is 31.9. The Morgan fingerprint density at radius 1 is 1.02 bits per heavy atom. The van der Waals surface area contributed by atoms with Gasteiger partial charge in [0.25, 0.3) is 0 Å². The molecule has 2 aromatic heterocycles. The van der Waals surface area contributed by atoms with Crippen LogP contribution in [0.4, 0.5) is 17.3 Å². The topological polar surface area (TPSA) is 107 Å². The average molecular weight is 626 g/mol. The Morgan fingerprint density at radius 2 is 1.78 bits per heavy atom. The molecular weight excluding hydrogens is 578 g/mol. The van der Waals surface area contributed by atoms with E-state index in [1.807, 2.05) is 49.5 Å². The molecule has 46 heavy (non-hydrogen) atoms. The van der Waals surface area contributed by atoms with Crippen LogP contribution < -0.4 is 20.3 Å². The van der Waals surface area contributed by atoms with E-state index in [4.69, 9.17) is 14.8 Å². The number of ether oxygens (including phenoxy) is 1. The molecule has 0 unspecified atom stereocenters. The molecule has 2 fully saturated rings. The fourth-order valence-electron chi connectivity index (χ4n) is 6.45. The van der Waals surface area contributed by atoms with Crippen LogP contribution in [-0.2, 0) is 6.54 Å². The minimum absolute atomic E-state index is 0.0273. The predicted octanol–water partition coefficient (Wildman–Crippen LogP) is 4.08. The van der Waals surface area contributed by atoms with Gasteiger partial charge in [0, 0.05) is 99.2 Å². The third-order valence-electron chi connectivity index (χ3n) is 9.25. The number of piperidine rings is 1. The first-order chi connectivity index (χ1) is 22.4. The lowest BCUT2D eigenvalue weighted by Gasteiger charge is -2.43. The summed E-state index contributed by atoms with van der Waals surface area (Å²) < 4.78 is 7.65. The van der Waals surface area contributed by atoms with Crippen LogP contribution in [0.15, 0.2) is 60.9 Å². The molecule has 244 valence electrons. The Kier molecular flexibility index (Phi) is 10.1. The van der Waals surface area contributed by atoms with Gasteiger partial charge in [0.15, 0.2) is 5.82 Å². The number of likely N-dealkylation sites (N-methyl/N-ethyl adjacent to an activating group) is 1. The molecule has 2 aliphatic rings. The number of benzene rings is 2. The highest BCUT2D eigenvalue weighted by Crippen LogP contribution is 2.36. The lowest BCUT2D eigenvalue weighted by Crippen LogP contribution is -2.52. The molecule has 6 rings (SSSR count). The molecule has 0 bridgehead atoms. The zero-order valence-electron chi connectivity index (χ0n) is 27.5. The highest BCUT2D eigenvalue weighted by molar-refractivity contribution is 5.71. The number of aliphatic hydroxyl groups excluding tert-OH is 1. The van der Waals surface area contributed by atoms with E-state index in [1.165, 1.54) is 37.2 Å². The molecule has 4 heterocycles. The van der Waals surface area contributed by atoms with Gasteiger partial charge in [0.05, 0.1) is 25.1 Å². The van der Waals surface area contributed by atoms with E-state index in [9.17, 15) is 5.11 Å². The SMILES string of the molecule is COc1cc(N2CCC(N3CCN(C)CC3)CC2)c(C)cc1Nc1nccc(-n2cc(CN[C@@H](C)CO)c(-c3ccccc3)n2)n1. The predicted molar refractivity (Wildman–Crippen MR) is 183 cm³/mol. The third kappa shape index (κ3) is 7.33. The lowest BCUT2D eigenvalue weighted by molar-refractivity contribution is 0.0982. The van der Waals surface area contributed by atoms with Gasteiger partial charge in [-0.15, -0.1) is 0 Å². The van der Waals surface area contributed by atoms with E-state index < -0.39 is 0 Å². The quantitative estimate of drug-likeness (QED) is 0.226. The fourth-order valence-corrected chi connectivity index (χ4v) is 6.45. The van der Waals surface area contributed by atoms with Crippen molar-refractivity contribution in [2.75, 3.05) is 70.2 Å². The fraction of sp³-hybridized carbons (Fsp3) is 0.457. The van der Waals surface area contributed by atoms with Crippen LogP contribution >= 0.6 is 0 Å². The normalized spacial score (nSPS) is 17.3. The number of rotatable bonds is 11. The van der Waals surface area contributed by atoms with Crippen LogP contribution in [0.3, 0.4) is 0 Å². The molecule has 2 aliphatic heterocycles. The van der Waals surface area contributed by atoms with Gasteiger partial charge in [0.1, 0.15) is 5.75 Å². The maximum atomic E-state index is 9.51. The Bertz CT molecular complexity index is 1580. The zero-order chi connectivity index (χ0) is 32.0. The van der Waals surface area contributed by atoms with Gasteiger partial charge >= 0.3 is 0 Å². The highest BCUT2D eigenvalue weighted by atomic mass is 16.5. The molecule has 4 aromatic rings. The van der Waals surface area contributed by atoms with Crippen molar-refractivity contribution >= 4 is 17.3 Å². The van der Waals surface area contributed by atoms with E-state index in [-0.39, 0.29) is 12.6 Å². The molecule has 2 saturated heterocycles. The second kappa shape index (κ2) is 14.6. The maximum Gasteiger partial charge on any atom is 0.229 e. The summed E-state index contributed by atoms with van der Waals surface area (Å²) in [4.78, 5) is 16.9. The number of anilines is 3. The molecule has 11 heteroatoms. The number of aromatic nitrogens is 4. The van der Waals surface area contributed by atoms with Crippen molar-refractivity contribution in [2.24, 2.45) is 0 Å². The second-order valence-corrected chi connectivity index (χ2v) is 12.5. The van der Waals surface area contributed by atoms with Crippen molar-refractivity contribution in [1.29, 1.82) is 0 Å². The van der Waals surface area contributed by atoms with E-state index >= 15 is 0 Å². The zero-order valence-corrected chi connectivity index (χ0v) is 27.5. The molecule has 11 nitrogen and oxygen atoms in total. The van der Waals surface area contributed by atoms with Crippen LogP contribution in [0.1, 0.15) is 30.9 Å². The number of aryl methyl sites for hydroxylation is 1. The minimum Gasteiger partial charge on any atom is -0.494 e. The molecule has 0 aliphatic carbocycles. The van der Waals surface area contributed by atoms with Crippen LogP contribution in [-0.4, -0.2) is 107 Å². The Hall–Kier alpha value is -4.03. The standard InChI is InChI=1S/C35H47N9O2/c1-25-20-30(32(46-4)21-31(25)43-14-11-29(12-15-43)42-18-16-41(3)17-19-42)38-35-36-13-10-33(39-35)44-23-28(22-37-26(2)24-45)34(40-44)27-8-6-5-7-9-27/h5-10,13,20-21,23,26,29,37,45H,11-12,14-19,22,24H2,1-4H3,(H,36,38,39)/t26-/m0/s1. The summed E-state index contributed by atoms with van der Waals surface area (Å²) in [7, 11) is 3.92. The molecule has 0 radical (unpaired) electrons. The Labute approximate surface area is 272 Å². The number of nitrogens with zero attached hydrogens (tertiary/aromatic N) is 7. The van der Waals surface area contributed by atoms with Crippen molar-refractivity contribution < 1.29 is 9.84 Å². The van der Waals surface area contributed by atoms with Crippen LogP contribution in [0.25, 0.3) is 17.1 Å². The van der Waals surface area contributed by atoms with Crippen molar-refractivity contribution in [3.05, 3.63) is 72.1 Å². The van der Waals surface area contributed by atoms with Gasteiger partial charge in [-0.25, -0.2) is 9.67 Å². The van der Waals surface area contributed by atoms with E-state index in [1.54, 1.807) is 18.0 Å². The van der Waals surface area contributed by atoms with E-state index in [0.717, 1.165) is 54.4 Å². The molecular formula is C35H47N9O2. The summed E-state index contributed by atoms with van der Waals surface area (Å²) in [6.07, 6.45) is 6.09. The molecule has 3 N–H and O–H groups in total. The molecule has 0 amide bonds. The number of methoxy groups -OCH3 is 1. The number of aliphatic hydroxyl groups is 1. The smallest absolute Gasteiger partial charge is 0.229 e. The maximum absolute atomic E-state index is 9.51. The lowest BCUT2D eigenvalue weighted by atomic mass is 10.0. The van der Waals surface area contributed by atoms with Gasteiger partial charge in [-0.05, 0) is 45.4 Å². The Morgan fingerprint density at radius 3 is 2.50 bits per heavy atom. The summed E-state index contributed by atoms with van der Waals surface area (Å²) in [6.45, 7) is 11.5. The number of hydrogen-bond acceptors (Lipinski definition) is 10. The summed E-state index contributed by atoms with van der Waals surface area (Å²) in [5, 5.41) is 21.2. The monoisotopic (exact) mass is 625 g/mol. The van der Waals surface area contributed by atoms with Crippen molar-refractivity contribution in [2.45, 2.75) is 45.3 Å². The molecule has 0 spiro atoms. The van der Waals surface area contributed by atoms with Crippen molar-refractivity contribution in [3.8, 4) is 22.8 Å². The average Bonchev–Trinajstić information content (AvgIpc) is 3.53. The largest absolute Gasteiger partial charge is 0.494 e. The van der Waals surface area contributed by atoms with Crippen molar-refractivity contribution in [3.63, 3.8) is 0 Å². The molecule has 1 atom stereocenters. The molecule has 0 saturated carbocycles. The molecule has 2 aromatic carbocycles. The van der Waals surface area contributed by atoms with Gasteiger partial charge in [-0.1, -0.05) is 30.3 Å². The van der Waals surface area contributed by atoms with E-state index in [2.05, 4.69) is 56.4 Å². The second-order valence-electron chi connectivity index (χ2n) is 12.5. The van der Waals surface area contributed by atoms with Crippen molar-refractivity contribution in [1.82, 2.24) is 34.9 Å². The number of nitrogens with one attached hydrogen (secondary N) is 2.